The molecule has 17 heavy (non-hydrogen) atoms. The van der Waals surface area contributed by atoms with Crippen molar-refractivity contribution in [1.29, 1.82) is 0 Å². The lowest BCUT2D eigenvalue weighted by atomic mass is 10.1. The minimum Gasteiger partial charge on any atom is -0.379 e. The molecule has 96 valence electrons. The Labute approximate surface area is 102 Å². The first-order valence-electron chi connectivity index (χ1n) is 5.86. The topological polar surface area (TPSA) is 64.0 Å². The Morgan fingerprint density at radius 1 is 1.29 bits per heavy atom. The van der Waals surface area contributed by atoms with Crippen molar-refractivity contribution in [3.8, 4) is 0 Å². The first-order chi connectivity index (χ1) is 7.89. The van der Waals surface area contributed by atoms with Gasteiger partial charge in [-0.25, -0.2) is 8.42 Å². The zero-order chi connectivity index (χ0) is 12.6. The van der Waals surface area contributed by atoms with E-state index in [1.807, 2.05) is 25.6 Å². The lowest BCUT2D eigenvalue weighted by molar-refractivity contribution is 0.559. The SMILES string of the molecule is Cc1nn(C)c(C)c1NC1CCS(=O)(=O)CC1. The molecule has 6 heteroatoms. The molecule has 1 aromatic heterocycles. The second kappa shape index (κ2) is 4.33. The van der Waals surface area contributed by atoms with Gasteiger partial charge in [0.05, 0.1) is 28.6 Å². The zero-order valence-electron chi connectivity index (χ0n) is 10.5. The summed E-state index contributed by atoms with van der Waals surface area (Å²) in [6.07, 6.45) is 1.38. The molecular formula is C11H19N3O2S. The van der Waals surface area contributed by atoms with Crippen LogP contribution in [0.1, 0.15) is 24.2 Å². The van der Waals surface area contributed by atoms with Gasteiger partial charge in [0, 0.05) is 13.1 Å². The highest BCUT2D eigenvalue weighted by Gasteiger charge is 2.24. The van der Waals surface area contributed by atoms with Crippen LogP contribution in [0.5, 0.6) is 0 Å². The fraction of sp³-hybridized carbons (Fsp3) is 0.727. The standard InChI is InChI=1S/C11H19N3O2S/c1-8-11(9(2)14(3)13-8)12-10-4-6-17(15,16)7-5-10/h10,12H,4-7H2,1-3H3. The lowest BCUT2D eigenvalue weighted by Gasteiger charge is -2.24. The van der Waals surface area contributed by atoms with Gasteiger partial charge in [-0.2, -0.15) is 5.10 Å². The Bertz CT molecular complexity index is 505. The van der Waals surface area contributed by atoms with E-state index in [1.54, 1.807) is 0 Å². The largest absolute Gasteiger partial charge is 0.379 e. The zero-order valence-corrected chi connectivity index (χ0v) is 11.3. The minimum absolute atomic E-state index is 0.250. The van der Waals surface area contributed by atoms with Crippen molar-refractivity contribution in [3.05, 3.63) is 11.4 Å². The van der Waals surface area contributed by atoms with Crippen LogP contribution in [-0.4, -0.2) is 35.7 Å². The normalized spacial score (nSPS) is 20.4. The second-order valence-electron chi connectivity index (χ2n) is 4.74. The Balaban J connectivity index is 2.07. The minimum atomic E-state index is -2.78. The van der Waals surface area contributed by atoms with Crippen LogP contribution in [0.2, 0.25) is 0 Å². The molecule has 0 radical (unpaired) electrons. The molecule has 1 fully saturated rings. The highest BCUT2D eigenvalue weighted by Crippen LogP contribution is 2.23. The van der Waals surface area contributed by atoms with Gasteiger partial charge in [0.25, 0.3) is 0 Å². The molecule has 1 saturated heterocycles. The van der Waals surface area contributed by atoms with Crippen LogP contribution in [0, 0.1) is 13.8 Å². The second-order valence-corrected chi connectivity index (χ2v) is 7.04. The summed E-state index contributed by atoms with van der Waals surface area (Å²) in [4.78, 5) is 0. The number of rotatable bonds is 2. The number of aromatic nitrogens is 2. The number of nitrogens with zero attached hydrogens (tertiary/aromatic N) is 2. The van der Waals surface area contributed by atoms with Gasteiger partial charge in [-0.1, -0.05) is 0 Å². The van der Waals surface area contributed by atoms with Gasteiger partial charge in [-0.3, -0.25) is 4.68 Å². The van der Waals surface area contributed by atoms with Crippen LogP contribution in [0.25, 0.3) is 0 Å². The fourth-order valence-corrected chi connectivity index (χ4v) is 3.71. The molecule has 0 amide bonds. The molecule has 2 rings (SSSR count). The summed E-state index contributed by atoms with van der Waals surface area (Å²) in [5, 5.41) is 7.77. The molecule has 2 heterocycles. The predicted molar refractivity (Wildman–Crippen MR) is 68.0 cm³/mol. The molecule has 0 atom stereocenters. The van der Waals surface area contributed by atoms with Crippen molar-refractivity contribution >= 4 is 15.5 Å². The van der Waals surface area contributed by atoms with Crippen molar-refractivity contribution in [1.82, 2.24) is 9.78 Å². The molecule has 0 saturated carbocycles. The predicted octanol–water partition coefficient (Wildman–Crippen LogP) is 1.03. The summed E-state index contributed by atoms with van der Waals surface area (Å²) in [5.41, 5.74) is 3.12. The summed E-state index contributed by atoms with van der Waals surface area (Å²) >= 11 is 0. The molecule has 0 unspecified atom stereocenters. The Hall–Kier alpha value is -1.04. The number of hydrogen-bond donors (Lipinski definition) is 1. The fourth-order valence-electron chi connectivity index (χ4n) is 2.22. The van der Waals surface area contributed by atoms with Gasteiger partial charge in [0.1, 0.15) is 9.84 Å². The van der Waals surface area contributed by atoms with Crippen LogP contribution < -0.4 is 5.32 Å². The monoisotopic (exact) mass is 257 g/mol. The van der Waals surface area contributed by atoms with Crippen molar-refractivity contribution in [2.75, 3.05) is 16.8 Å². The van der Waals surface area contributed by atoms with Crippen LogP contribution in [0.3, 0.4) is 0 Å². The first-order valence-corrected chi connectivity index (χ1v) is 7.68. The number of anilines is 1. The number of nitrogens with one attached hydrogen (secondary N) is 1. The van der Waals surface area contributed by atoms with Crippen LogP contribution >= 0.6 is 0 Å². The summed E-state index contributed by atoms with van der Waals surface area (Å²) in [6.45, 7) is 3.98. The maximum Gasteiger partial charge on any atom is 0.150 e. The summed E-state index contributed by atoms with van der Waals surface area (Å²) in [7, 11) is -0.868. The average molecular weight is 257 g/mol. The van der Waals surface area contributed by atoms with E-state index in [-0.39, 0.29) is 6.04 Å². The molecule has 1 aromatic rings. The third-order valence-electron chi connectivity index (χ3n) is 3.41. The molecule has 1 N–H and O–H groups in total. The summed E-state index contributed by atoms with van der Waals surface area (Å²) in [5.74, 6) is 0.589. The van der Waals surface area contributed by atoms with E-state index in [2.05, 4.69) is 10.4 Å². The number of aryl methyl sites for hydroxylation is 2. The summed E-state index contributed by atoms with van der Waals surface area (Å²) < 4.78 is 24.5. The first kappa shape index (κ1) is 12.4. The number of hydrogen-bond acceptors (Lipinski definition) is 4. The smallest absolute Gasteiger partial charge is 0.150 e. The van der Waals surface area contributed by atoms with E-state index in [0.717, 1.165) is 17.1 Å². The van der Waals surface area contributed by atoms with Crippen molar-refractivity contribution < 1.29 is 8.42 Å². The number of sulfone groups is 1. The highest BCUT2D eigenvalue weighted by atomic mass is 32.2. The lowest BCUT2D eigenvalue weighted by Crippen LogP contribution is -2.32. The maximum absolute atomic E-state index is 11.3. The van der Waals surface area contributed by atoms with Gasteiger partial charge in [-0.15, -0.1) is 0 Å². The molecule has 1 aliphatic rings. The molecule has 1 aliphatic heterocycles. The van der Waals surface area contributed by atoms with Gasteiger partial charge < -0.3 is 5.32 Å². The van der Waals surface area contributed by atoms with Crippen molar-refractivity contribution in [3.63, 3.8) is 0 Å². The Morgan fingerprint density at radius 2 is 1.88 bits per heavy atom. The van der Waals surface area contributed by atoms with E-state index < -0.39 is 9.84 Å². The maximum atomic E-state index is 11.3. The molecule has 0 bridgehead atoms. The van der Waals surface area contributed by atoms with Gasteiger partial charge in [0.2, 0.25) is 0 Å². The molecule has 0 aliphatic carbocycles. The third-order valence-corrected chi connectivity index (χ3v) is 5.13. The molecule has 5 nitrogen and oxygen atoms in total. The molecule has 0 aromatic carbocycles. The Morgan fingerprint density at radius 3 is 2.35 bits per heavy atom. The third kappa shape index (κ3) is 2.62. The Kier molecular flexibility index (Phi) is 3.16. The van der Waals surface area contributed by atoms with Crippen LogP contribution in [0.15, 0.2) is 0 Å². The van der Waals surface area contributed by atoms with Crippen molar-refractivity contribution in [2.45, 2.75) is 32.7 Å². The van der Waals surface area contributed by atoms with Gasteiger partial charge >= 0.3 is 0 Å². The van der Waals surface area contributed by atoms with Crippen LogP contribution in [0.4, 0.5) is 5.69 Å². The van der Waals surface area contributed by atoms with Crippen molar-refractivity contribution in [2.24, 2.45) is 7.05 Å². The van der Waals surface area contributed by atoms with E-state index in [4.69, 9.17) is 0 Å². The molecular weight excluding hydrogens is 238 g/mol. The van der Waals surface area contributed by atoms with Gasteiger partial charge in [0.15, 0.2) is 0 Å². The van der Waals surface area contributed by atoms with E-state index in [1.165, 1.54) is 0 Å². The molecule has 0 spiro atoms. The average Bonchev–Trinajstić information content (AvgIpc) is 2.48. The quantitative estimate of drug-likeness (QED) is 0.859. The summed E-state index contributed by atoms with van der Waals surface area (Å²) in [6, 6.07) is 0.250. The highest BCUT2D eigenvalue weighted by molar-refractivity contribution is 7.91. The van der Waals surface area contributed by atoms with E-state index in [9.17, 15) is 8.42 Å². The van der Waals surface area contributed by atoms with E-state index in [0.29, 0.717) is 24.3 Å². The van der Waals surface area contributed by atoms with Crippen LogP contribution in [-0.2, 0) is 16.9 Å². The van der Waals surface area contributed by atoms with E-state index >= 15 is 0 Å². The van der Waals surface area contributed by atoms with Gasteiger partial charge in [-0.05, 0) is 26.7 Å².